The van der Waals surface area contributed by atoms with Gasteiger partial charge in [0.1, 0.15) is 6.09 Å². The van der Waals surface area contributed by atoms with Crippen LogP contribution in [0.5, 0.6) is 0 Å². The normalized spacial score (nSPS) is 29.1. The molecule has 2 saturated heterocycles. The molecule has 1 spiro atoms. The zero-order valence-electron chi connectivity index (χ0n) is 14.1. The summed E-state index contributed by atoms with van der Waals surface area (Å²) in [7, 11) is -2.16. The summed E-state index contributed by atoms with van der Waals surface area (Å²) >= 11 is 0. The van der Waals surface area contributed by atoms with E-state index in [1.165, 1.54) is 16.3 Å². The van der Waals surface area contributed by atoms with Crippen LogP contribution in [0.2, 0.25) is 0 Å². The van der Waals surface area contributed by atoms with Crippen molar-refractivity contribution in [3.8, 4) is 0 Å². The molecule has 2 aliphatic heterocycles. The lowest BCUT2D eigenvalue weighted by atomic mass is 9.83. The SMILES string of the molecule is CN(C1COC2(CCN(C(=O)[O-])CC2)C1)S(=O)(=O)CC1CC(F)(F)C1. The Morgan fingerprint density at radius 1 is 1.28 bits per heavy atom. The molecule has 7 nitrogen and oxygen atoms in total. The lowest BCUT2D eigenvalue weighted by molar-refractivity contribution is -0.268. The van der Waals surface area contributed by atoms with Gasteiger partial charge in [-0.05, 0) is 25.2 Å². The molecule has 3 rings (SSSR count). The fourth-order valence-corrected chi connectivity index (χ4v) is 5.70. The summed E-state index contributed by atoms with van der Waals surface area (Å²) in [6, 6.07) is -0.347. The van der Waals surface area contributed by atoms with Crippen molar-refractivity contribution in [1.29, 1.82) is 0 Å². The van der Waals surface area contributed by atoms with Gasteiger partial charge in [0.15, 0.2) is 0 Å². The molecule has 0 aromatic rings. The Bertz CT molecular complexity index is 626. The lowest BCUT2D eigenvalue weighted by Crippen LogP contribution is -2.51. The minimum absolute atomic E-state index is 0.238. The number of amides is 1. The minimum Gasteiger partial charge on any atom is -0.530 e. The molecule has 1 unspecified atom stereocenters. The van der Waals surface area contributed by atoms with E-state index in [1.54, 1.807) is 0 Å². The maximum Gasteiger partial charge on any atom is 0.248 e. The topological polar surface area (TPSA) is 90.0 Å². The summed E-state index contributed by atoms with van der Waals surface area (Å²) in [4.78, 5) is 12.1. The molecule has 10 heteroatoms. The molecule has 0 N–H and O–H groups in total. The quantitative estimate of drug-likeness (QED) is 0.697. The molecule has 1 saturated carbocycles. The van der Waals surface area contributed by atoms with Crippen molar-refractivity contribution in [3.63, 3.8) is 0 Å². The summed E-state index contributed by atoms with van der Waals surface area (Å²) in [5, 5.41) is 10.9. The van der Waals surface area contributed by atoms with Crippen LogP contribution in [0.3, 0.4) is 0 Å². The molecule has 144 valence electrons. The van der Waals surface area contributed by atoms with Crippen molar-refractivity contribution in [1.82, 2.24) is 9.21 Å². The van der Waals surface area contributed by atoms with Gasteiger partial charge in [-0.15, -0.1) is 0 Å². The number of alkyl halides is 2. The van der Waals surface area contributed by atoms with E-state index in [9.17, 15) is 27.1 Å². The van der Waals surface area contributed by atoms with Crippen molar-refractivity contribution in [3.05, 3.63) is 0 Å². The first-order chi connectivity index (χ1) is 11.5. The second-order valence-corrected chi connectivity index (χ2v) is 9.60. The third kappa shape index (κ3) is 3.90. The molecule has 0 aromatic heterocycles. The summed E-state index contributed by atoms with van der Waals surface area (Å²) in [6.07, 6.45) is -0.458. The van der Waals surface area contributed by atoms with Gasteiger partial charge in [0.25, 0.3) is 0 Å². The van der Waals surface area contributed by atoms with Crippen LogP contribution < -0.4 is 5.11 Å². The lowest BCUT2D eigenvalue weighted by Gasteiger charge is -2.40. The van der Waals surface area contributed by atoms with Crippen LogP contribution in [0, 0.1) is 5.92 Å². The number of likely N-dealkylation sites (N-methyl/N-ethyl adjacent to an activating group) is 1. The van der Waals surface area contributed by atoms with Gasteiger partial charge in [-0.1, -0.05) is 0 Å². The molecule has 1 atom stereocenters. The number of hydrogen-bond acceptors (Lipinski definition) is 5. The Labute approximate surface area is 146 Å². The van der Waals surface area contributed by atoms with Gasteiger partial charge < -0.3 is 19.5 Å². The average molecular weight is 381 g/mol. The monoisotopic (exact) mass is 381 g/mol. The first kappa shape index (κ1) is 18.8. The molecule has 3 aliphatic rings. The highest BCUT2D eigenvalue weighted by molar-refractivity contribution is 7.89. The second kappa shape index (κ2) is 6.31. The first-order valence-electron chi connectivity index (χ1n) is 8.45. The Morgan fingerprint density at radius 3 is 2.40 bits per heavy atom. The Kier molecular flexibility index (Phi) is 4.74. The minimum atomic E-state index is -3.63. The van der Waals surface area contributed by atoms with Gasteiger partial charge in [-0.3, -0.25) is 0 Å². The number of ether oxygens (including phenoxy) is 1. The van der Waals surface area contributed by atoms with Crippen molar-refractivity contribution in [2.45, 2.75) is 49.7 Å². The van der Waals surface area contributed by atoms with Gasteiger partial charge in [0.05, 0.1) is 24.0 Å². The molecule has 25 heavy (non-hydrogen) atoms. The van der Waals surface area contributed by atoms with Crippen molar-refractivity contribution in [2.24, 2.45) is 5.92 Å². The maximum absolute atomic E-state index is 12.9. The van der Waals surface area contributed by atoms with Crippen LogP contribution in [-0.4, -0.2) is 73.8 Å². The number of sulfonamides is 1. The van der Waals surface area contributed by atoms with Crippen molar-refractivity contribution >= 4 is 16.1 Å². The fourth-order valence-electron chi connectivity index (χ4n) is 4.04. The number of piperidine rings is 1. The number of carbonyl (C=O) groups is 1. The van der Waals surface area contributed by atoms with Crippen LogP contribution in [0.15, 0.2) is 0 Å². The summed E-state index contributed by atoms with van der Waals surface area (Å²) in [6.45, 7) is 0.854. The van der Waals surface area contributed by atoms with E-state index in [1.807, 2.05) is 0 Å². The van der Waals surface area contributed by atoms with E-state index in [0.29, 0.717) is 32.4 Å². The summed E-state index contributed by atoms with van der Waals surface area (Å²) in [5.41, 5.74) is -0.510. The highest BCUT2D eigenvalue weighted by atomic mass is 32.2. The third-order valence-corrected chi connectivity index (χ3v) is 7.76. The standard InChI is InChI=1S/C15H24F2N2O5S/c1-18(25(22,23)10-11-6-15(16,17)7-11)12-8-14(24-9-12)2-4-19(5-3-14)13(20)21/h11-12H,2-10H2,1H3,(H,20,21)/p-1. The predicted octanol–water partition coefficient (Wildman–Crippen LogP) is 0.260. The Morgan fingerprint density at radius 2 is 1.88 bits per heavy atom. The first-order valence-corrected chi connectivity index (χ1v) is 10.1. The zero-order chi connectivity index (χ0) is 18.5. The second-order valence-electron chi connectivity index (χ2n) is 7.53. The highest BCUT2D eigenvalue weighted by Crippen LogP contribution is 2.44. The predicted molar refractivity (Wildman–Crippen MR) is 82.5 cm³/mol. The number of likely N-dealkylation sites (tertiary alicyclic amines) is 1. The number of hydrogen-bond donors (Lipinski definition) is 0. The molecule has 2 heterocycles. The Balaban J connectivity index is 1.55. The van der Waals surface area contributed by atoms with Gasteiger partial charge in [-0.25, -0.2) is 17.2 Å². The molecular weight excluding hydrogens is 358 g/mol. The number of nitrogens with zero attached hydrogens (tertiary/aromatic N) is 2. The number of rotatable bonds is 4. The maximum atomic E-state index is 12.9. The third-order valence-electron chi connectivity index (χ3n) is 5.70. The molecule has 3 fully saturated rings. The van der Waals surface area contributed by atoms with Crippen LogP contribution in [0.4, 0.5) is 13.6 Å². The Hall–Kier alpha value is -1.00. The molecule has 0 radical (unpaired) electrons. The number of carboxylic acid groups (broad SMARTS) is 1. The van der Waals surface area contributed by atoms with Gasteiger partial charge in [0, 0.05) is 33.0 Å². The van der Waals surface area contributed by atoms with E-state index in [-0.39, 0.29) is 31.2 Å². The fraction of sp³-hybridized carbons (Fsp3) is 0.933. The molecular formula is C15H23F2N2O5S-. The van der Waals surface area contributed by atoms with E-state index in [2.05, 4.69) is 0 Å². The molecule has 1 amide bonds. The van der Waals surface area contributed by atoms with E-state index in [0.717, 1.165) is 0 Å². The zero-order valence-corrected chi connectivity index (χ0v) is 14.9. The van der Waals surface area contributed by atoms with Gasteiger partial charge in [-0.2, -0.15) is 4.31 Å². The van der Waals surface area contributed by atoms with E-state index >= 15 is 0 Å². The van der Waals surface area contributed by atoms with E-state index < -0.39 is 33.6 Å². The number of carbonyl (C=O) groups excluding carboxylic acids is 1. The van der Waals surface area contributed by atoms with Gasteiger partial charge in [0.2, 0.25) is 15.9 Å². The van der Waals surface area contributed by atoms with Crippen LogP contribution in [0.25, 0.3) is 0 Å². The number of halogens is 2. The molecule has 0 aromatic carbocycles. The van der Waals surface area contributed by atoms with Crippen LogP contribution in [0.1, 0.15) is 32.1 Å². The van der Waals surface area contributed by atoms with Gasteiger partial charge >= 0.3 is 0 Å². The smallest absolute Gasteiger partial charge is 0.248 e. The highest BCUT2D eigenvalue weighted by Gasteiger charge is 2.49. The van der Waals surface area contributed by atoms with E-state index in [4.69, 9.17) is 4.74 Å². The largest absolute Gasteiger partial charge is 0.530 e. The average Bonchev–Trinajstić information content (AvgIpc) is 2.88. The van der Waals surface area contributed by atoms with Crippen LogP contribution >= 0.6 is 0 Å². The van der Waals surface area contributed by atoms with Crippen molar-refractivity contribution in [2.75, 3.05) is 32.5 Å². The molecule has 0 bridgehead atoms. The van der Waals surface area contributed by atoms with Crippen molar-refractivity contribution < 1.29 is 31.8 Å². The summed E-state index contributed by atoms with van der Waals surface area (Å²) < 4.78 is 57.9. The molecule has 1 aliphatic carbocycles. The van der Waals surface area contributed by atoms with Crippen LogP contribution in [-0.2, 0) is 14.8 Å². The summed E-state index contributed by atoms with van der Waals surface area (Å²) in [5.74, 6) is -3.49.